The molecule has 24 heavy (non-hydrogen) atoms. The minimum atomic E-state index is -3.87. The fraction of sp³-hybridized carbons (Fsp3) is 0.200. The molecular weight excluding hydrogens is 352 g/mol. The smallest absolute Gasteiger partial charge is 0.339 e. The zero-order valence-corrected chi connectivity index (χ0v) is 14.6. The molecule has 0 spiro atoms. The van der Waals surface area contributed by atoms with Crippen molar-refractivity contribution in [2.75, 3.05) is 11.9 Å². The second-order valence-electron chi connectivity index (χ2n) is 4.98. The highest BCUT2D eigenvalue weighted by Gasteiger charge is 2.24. The molecule has 1 aromatic carbocycles. The number of esters is 1. The van der Waals surface area contributed by atoms with Gasteiger partial charge >= 0.3 is 5.97 Å². The number of rotatable bonds is 5. The monoisotopic (exact) mass is 368 g/mol. The molecule has 1 unspecified atom stereocenters. The number of sulfonamides is 1. The van der Waals surface area contributed by atoms with Crippen LogP contribution in [-0.2, 0) is 19.6 Å². The molecule has 1 aromatic heterocycles. The van der Waals surface area contributed by atoms with E-state index in [-0.39, 0.29) is 9.77 Å². The Morgan fingerprint density at radius 1 is 1.25 bits per heavy atom. The van der Waals surface area contributed by atoms with Crippen molar-refractivity contribution in [3.8, 4) is 0 Å². The number of ether oxygens (including phenoxy) is 1. The molecule has 1 amide bonds. The van der Waals surface area contributed by atoms with Crippen molar-refractivity contribution in [3.05, 3.63) is 47.3 Å². The van der Waals surface area contributed by atoms with Crippen LogP contribution < -0.4 is 10.0 Å². The van der Waals surface area contributed by atoms with Crippen molar-refractivity contribution in [2.45, 2.75) is 17.2 Å². The van der Waals surface area contributed by atoms with Crippen molar-refractivity contribution in [1.29, 1.82) is 0 Å². The Balaban J connectivity index is 2.06. The largest absolute Gasteiger partial charge is 0.449 e. The van der Waals surface area contributed by atoms with E-state index >= 15 is 0 Å². The van der Waals surface area contributed by atoms with Crippen molar-refractivity contribution in [1.82, 2.24) is 0 Å². The third-order valence-electron chi connectivity index (χ3n) is 3.20. The molecule has 0 bridgehead atoms. The summed E-state index contributed by atoms with van der Waals surface area (Å²) in [5.41, 5.74) is 0.698. The van der Waals surface area contributed by atoms with E-state index < -0.39 is 28.0 Å². The van der Waals surface area contributed by atoms with Gasteiger partial charge in [-0.05, 0) is 25.1 Å². The van der Waals surface area contributed by atoms with Gasteiger partial charge in [-0.15, -0.1) is 11.3 Å². The first-order valence-electron chi connectivity index (χ1n) is 6.85. The van der Waals surface area contributed by atoms with Gasteiger partial charge in [0.2, 0.25) is 10.0 Å². The average molecular weight is 368 g/mol. The second-order valence-corrected chi connectivity index (χ2v) is 7.68. The molecule has 0 saturated carbocycles. The summed E-state index contributed by atoms with van der Waals surface area (Å²) < 4.78 is 27.4. The maximum absolute atomic E-state index is 12.3. The normalized spacial score (nSPS) is 12.5. The zero-order chi connectivity index (χ0) is 17.9. The highest BCUT2D eigenvalue weighted by molar-refractivity contribution is 7.91. The van der Waals surface area contributed by atoms with Crippen LogP contribution in [0.15, 0.2) is 46.0 Å². The maximum atomic E-state index is 12.3. The summed E-state index contributed by atoms with van der Waals surface area (Å²) in [6, 6.07) is 10.0. The Labute approximate surface area is 143 Å². The van der Waals surface area contributed by atoms with Gasteiger partial charge in [0.25, 0.3) is 5.91 Å². The molecule has 1 heterocycles. The molecule has 128 valence electrons. The average Bonchev–Trinajstić information content (AvgIpc) is 3.04. The molecule has 0 fully saturated rings. The molecule has 0 aliphatic rings. The summed E-state index contributed by atoms with van der Waals surface area (Å²) in [4.78, 5) is 25.7. The van der Waals surface area contributed by atoms with Gasteiger partial charge in [-0.25, -0.2) is 18.4 Å². The minimum Gasteiger partial charge on any atom is -0.449 e. The second kappa shape index (κ2) is 7.12. The number of amides is 1. The quantitative estimate of drug-likeness (QED) is 0.807. The predicted molar refractivity (Wildman–Crippen MR) is 90.4 cm³/mol. The summed E-state index contributed by atoms with van der Waals surface area (Å²) in [6.45, 7) is 1.45. The standard InChI is InChI=1S/C15H16N2O5S2/c1-10(14(18)17(2)12-6-4-3-5-7-12)22-15(19)11-8-13(23-9-11)24(16,20)21/h3-10H,1-2H3,(H2,16,20,21). The Bertz CT molecular complexity index is 846. The number of likely N-dealkylation sites (N-methyl/N-ethyl adjacent to an activating group) is 1. The number of anilines is 1. The van der Waals surface area contributed by atoms with Crippen LogP contribution in [0.3, 0.4) is 0 Å². The van der Waals surface area contributed by atoms with E-state index in [4.69, 9.17) is 9.88 Å². The van der Waals surface area contributed by atoms with E-state index in [1.54, 1.807) is 31.3 Å². The van der Waals surface area contributed by atoms with E-state index in [0.717, 1.165) is 17.4 Å². The van der Waals surface area contributed by atoms with Crippen LogP contribution in [0.25, 0.3) is 0 Å². The van der Waals surface area contributed by atoms with Crippen LogP contribution in [-0.4, -0.2) is 33.4 Å². The summed E-state index contributed by atoms with van der Waals surface area (Å²) in [7, 11) is -2.30. The highest BCUT2D eigenvalue weighted by Crippen LogP contribution is 2.20. The van der Waals surface area contributed by atoms with Crippen molar-refractivity contribution in [3.63, 3.8) is 0 Å². The van der Waals surface area contributed by atoms with Gasteiger partial charge in [-0.2, -0.15) is 0 Å². The number of nitrogens with zero attached hydrogens (tertiary/aromatic N) is 1. The Morgan fingerprint density at radius 3 is 2.42 bits per heavy atom. The van der Waals surface area contributed by atoms with Gasteiger partial charge in [0.1, 0.15) is 4.21 Å². The molecule has 7 nitrogen and oxygen atoms in total. The Kier molecular flexibility index (Phi) is 5.37. The summed E-state index contributed by atoms with van der Waals surface area (Å²) in [5.74, 6) is -1.19. The number of carbonyl (C=O) groups excluding carboxylic acids is 2. The molecule has 2 aromatic rings. The van der Waals surface area contributed by atoms with Crippen molar-refractivity contribution >= 4 is 38.9 Å². The lowest BCUT2D eigenvalue weighted by Crippen LogP contribution is -2.37. The first-order valence-corrected chi connectivity index (χ1v) is 9.27. The van der Waals surface area contributed by atoms with Crippen LogP contribution >= 0.6 is 11.3 Å². The predicted octanol–water partition coefficient (Wildman–Crippen LogP) is 1.60. The molecule has 9 heteroatoms. The van der Waals surface area contributed by atoms with Crippen LogP contribution in [0.5, 0.6) is 0 Å². The molecule has 2 N–H and O–H groups in total. The molecule has 0 aliphatic carbocycles. The number of benzene rings is 1. The van der Waals surface area contributed by atoms with E-state index in [1.807, 2.05) is 6.07 Å². The third-order valence-corrected chi connectivity index (χ3v) is 5.58. The van der Waals surface area contributed by atoms with Gasteiger partial charge < -0.3 is 9.64 Å². The zero-order valence-electron chi connectivity index (χ0n) is 13.0. The van der Waals surface area contributed by atoms with Gasteiger partial charge in [-0.1, -0.05) is 18.2 Å². The molecular formula is C15H16N2O5S2. The fourth-order valence-electron chi connectivity index (χ4n) is 1.90. The Morgan fingerprint density at radius 2 is 1.88 bits per heavy atom. The van der Waals surface area contributed by atoms with E-state index in [2.05, 4.69) is 0 Å². The number of hydrogen-bond donors (Lipinski definition) is 1. The first kappa shape index (κ1) is 18.1. The number of para-hydroxylation sites is 1. The fourth-order valence-corrected chi connectivity index (χ4v) is 3.48. The van der Waals surface area contributed by atoms with Gasteiger partial charge in [0.15, 0.2) is 6.10 Å². The van der Waals surface area contributed by atoms with Gasteiger partial charge in [0.05, 0.1) is 5.56 Å². The summed E-state index contributed by atoms with van der Waals surface area (Å²) in [5, 5.41) is 6.31. The lowest BCUT2D eigenvalue weighted by atomic mass is 10.2. The van der Waals surface area contributed by atoms with Crippen LogP contribution in [0.1, 0.15) is 17.3 Å². The molecule has 1 atom stereocenters. The third kappa shape index (κ3) is 4.19. The first-order chi connectivity index (χ1) is 11.2. The number of hydrogen-bond acceptors (Lipinski definition) is 6. The van der Waals surface area contributed by atoms with Crippen LogP contribution in [0.2, 0.25) is 0 Å². The van der Waals surface area contributed by atoms with E-state index in [1.165, 1.54) is 17.2 Å². The highest BCUT2D eigenvalue weighted by atomic mass is 32.2. The molecule has 0 saturated heterocycles. The van der Waals surface area contributed by atoms with Crippen molar-refractivity contribution in [2.24, 2.45) is 5.14 Å². The summed E-state index contributed by atoms with van der Waals surface area (Å²) >= 11 is 0.814. The number of thiophene rings is 1. The van der Waals surface area contributed by atoms with Crippen molar-refractivity contribution < 1.29 is 22.7 Å². The van der Waals surface area contributed by atoms with E-state index in [0.29, 0.717) is 5.69 Å². The van der Waals surface area contributed by atoms with Crippen LogP contribution in [0.4, 0.5) is 5.69 Å². The van der Waals surface area contributed by atoms with E-state index in [9.17, 15) is 18.0 Å². The Hall–Kier alpha value is -2.23. The number of primary sulfonamides is 1. The van der Waals surface area contributed by atoms with Gasteiger partial charge in [0, 0.05) is 18.1 Å². The topological polar surface area (TPSA) is 107 Å². The molecule has 2 rings (SSSR count). The van der Waals surface area contributed by atoms with Crippen LogP contribution in [0, 0.1) is 0 Å². The SMILES string of the molecule is CC(OC(=O)c1csc(S(N)(=O)=O)c1)C(=O)N(C)c1ccccc1. The maximum Gasteiger partial charge on any atom is 0.339 e. The summed E-state index contributed by atoms with van der Waals surface area (Å²) in [6.07, 6.45) is -1.03. The number of carbonyl (C=O) groups is 2. The number of nitrogens with two attached hydrogens (primary N) is 1. The molecule has 0 aliphatic heterocycles. The lowest BCUT2D eigenvalue weighted by Gasteiger charge is -2.21. The van der Waals surface area contributed by atoms with Gasteiger partial charge in [-0.3, -0.25) is 4.79 Å². The molecule has 0 radical (unpaired) electrons. The lowest BCUT2D eigenvalue weighted by molar-refractivity contribution is -0.126. The minimum absolute atomic E-state index is 0.0334.